The molecule has 0 saturated heterocycles. The quantitative estimate of drug-likeness (QED) is 0.607. The van der Waals surface area contributed by atoms with Gasteiger partial charge in [-0.25, -0.2) is 4.39 Å². The van der Waals surface area contributed by atoms with Gasteiger partial charge in [-0.15, -0.1) is 0 Å². The molecule has 0 spiro atoms. The van der Waals surface area contributed by atoms with Crippen LogP contribution < -0.4 is 0 Å². The number of hydrogen-bond donors (Lipinski definition) is 0. The van der Waals surface area contributed by atoms with Crippen molar-refractivity contribution in [1.82, 2.24) is 0 Å². The lowest BCUT2D eigenvalue weighted by molar-refractivity contribution is 0.628. The molecule has 0 aliphatic heterocycles. The Morgan fingerprint density at radius 2 is 1.91 bits per heavy atom. The second-order valence-electron chi connectivity index (χ2n) is 2.36. The van der Waals surface area contributed by atoms with Crippen LogP contribution in [0.2, 0.25) is 0 Å². The lowest BCUT2D eigenvalue weighted by atomic mass is 10.2. The lowest BCUT2D eigenvalue weighted by Gasteiger charge is -1.90. The molecule has 58 valence electrons. The minimum atomic E-state index is -0.182. The molecule has 0 fully saturated rings. The van der Waals surface area contributed by atoms with E-state index in [0.717, 1.165) is 12.0 Å². The maximum Gasteiger partial charge on any atom is 0.123 e. The van der Waals surface area contributed by atoms with Gasteiger partial charge in [-0.05, 0) is 24.1 Å². The summed E-state index contributed by atoms with van der Waals surface area (Å²) in [5.41, 5.74) is 1.05. The molecule has 0 atom stereocenters. The van der Waals surface area contributed by atoms with Gasteiger partial charge < -0.3 is 0 Å². The highest BCUT2D eigenvalue weighted by Crippen LogP contribution is 2.04. The maximum absolute atomic E-state index is 12.4. The van der Waals surface area contributed by atoms with Crippen LogP contribution in [0.3, 0.4) is 0 Å². The van der Waals surface area contributed by atoms with Gasteiger partial charge >= 0.3 is 0 Å². The Morgan fingerprint density at radius 1 is 1.27 bits per heavy atom. The Kier molecular flexibility index (Phi) is 2.84. The topological polar surface area (TPSA) is 0 Å². The van der Waals surface area contributed by atoms with E-state index in [9.17, 15) is 4.39 Å². The predicted octanol–water partition coefficient (Wildman–Crippen LogP) is 3.25. The zero-order valence-corrected chi connectivity index (χ0v) is 6.55. The Balaban J connectivity index is 2.73. The zero-order chi connectivity index (χ0) is 8.10. The summed E-state index contributed by atoms with van der Waals surface area (Å²) in [4.78, 5) is 0. The van der Waals surface area contributed by atoms with E-state index in [2.05, 4.69) is 6.92 Å². The van der Waals surface area contributed by atoms with Gasteiger partial charge in [0.1, 0.15) is 5.82 Å². The molecular weight excluding hydrogens is 139 g/mol. The van der Waals surface area contributed by atoms with Crippen molar-refractivity contribution >= 4 is 6.08 Å². The Morgan fingerprint density at radius 3 is 2.45 bits per heavy atom. The average molecular weight is 150 g/mol. The van der Waals surface area contributed by atoms with Crippen LogP contribution in [0.4, 0.5) is 4.39 Å². The monoisotopic (exact) mass is 150 g/mol. The third kappa shape index (κ3) is 2.54. The molecule has 0 heterocycles. The van der Waals surface area contributed by atoms with Crippen LogP contribution in [0.15, 0.2) is 30.3 Å². The number of hydrogen-bond acceptors (Lipinski definition) is 0. The summed E-state index contributed by atoms with van der Waals surface area (Å²) < 4.78 is 12.4. The van der Waals surface area contributed by atoms with Crippen molar-refractivity contribution in [2.24, 2.45) is 0 Å². The normalized spacial score (nSPS) is 10.7. The second-order valence-corrected chi connectivity index (χ2v) is 2.36. The predicted molar refractivity (Wildman–Crippen MR) is 45.7 cm³/mol. The molecule has 1 aromatic carbocycles. The first-order valence-electron chi connectivity index (χ1n) is 3.75. The van der Waals surface area contributed by atoms with Crippen molar-refractivity contribution in [2.45, 2.75) is 13.3 Å². The highest BCUT2D eigenvalue weighted by molar-refractivity contribution is 5.48. The average Bonchev–Trinajstić information content (AvgIpc) is 2.04. The highest BCUT2D eigenvalue weighted by atomic mass is 19.1. The molecule has 1 heteroatoms. The first kappa shape index (κ1) is 7.99. The molecule has 11 heavy (non-hydrogen) atoms. The molecule has 0 N–H and O–H groups in total. The molecule has 0 aliphatic rings. The van der Waals surface area contributed by atoms with Crippen LogP contribution in [0, 0.1) is 5.82 Å². The molecule has 0 radical (unpaired) electrons. The third-order valence-corrected chi connectivity index (χ3v) is 1.42. The lowest BCUT2D eigenvalue weighted by Crippen LogP contribution is -1.73. The van der Waals surface area contributed by atoms with Gasteiger partial charge in [0, 0.05) is 0 Å². The summed E-state index contributed by atoms with van der Waals surface area (Å²) in [5.74, 6) is -0.182. The Labute approximate surface area is 66.4 Å². The molecule has 0 aliphatic carbocycles. The fourth-order valence-corrected chi connectivity index (χ4v) is 0.828. The van der Waals surface area contributed by atoms with Crippen molar-refractivity contribution in [3.8, 4) is 0 Å². The van der Waals surface area contributed by atoms with Crippen molar-refractivity contribution in [1.29, 1.82) is 0 Å². The van der Waals surface area contributed by atoms with Crippen LogP contribution in [0.5, 0.6) is 0 Å². The van der Waals surface area contributed by atoms with E-state index in [1.807, 2.05) is 12.2 Å². The molecular formula is C10H11F. The first-order valence-corrected chi connectivity index (χ1v) is 3.75. The summed E-state index contributed by atoms with van der Waals surface area (Å²) in [5, 5.41) is 0. The molecule has 0 saturated carbocycles. The van der Waals surface area contributed by atoms with E-state index in [1.54, 1.807) is 12.1 Å². The number of halogens is 1. The van der Waals surface area contributed by atoms with Crippen molar-refractivity contribution in [3.05, 3.63) is 41.7 Å². The minimum Gasteiger partial charge on any atom is -0.207 e. The van der Waals surface area contributed by atoms with Crippen LogP contribution in [-0.4, -0.2) is 0 Å². The van der Waals surface area contributed by atoms with E-state index in [1.165, 1.54) is 12.1 Å². The van der Waals surface area contributed by atoms with Gasteiger partial charge in [0.05, 0.1) is 0 Å². The van der Waals surface area contributed by atoms with Gasteiger partial charge in [-0.1, -0.05) is 31.2 Å². The van der Waals surface area contributed by atoms with E-state index >= 15 is 0 Å². The standard InChI is InChI=1S/C10H11F/c1-2-3-4-9-5-7-10(11)8-6-9/h3-8H,2H2,1H3/b4-3-. The molecule has 1 rings (SSSR count). The SMILES string of the molecule is CC/C=C\c1ccc(F)cc1. The number of rotatable bonds is 2. The van der Waals surface area contributed by atoms with E-state index in [0.29, 0.717) is 0 Å². The molecule has 1 aromatic rings. The third-order valence-electron chi connectivity index (χ3n) is 1.42. The van der Waals surface area contributed by atoms with Crippen molar-refractivity contribution in [3.63, 3.8) is 0 Å². The van der Waals surface area contributed by atoms with E-state index in [4.69, 9.17) is 0 Å². The summed E-state index contributed by atoms with van der Waals surface area (Å²) in [6, 6.07) is 6.47. The summed E-state index contributed by atoms with van der Waals surface area (Å²) in [7, 11) is 0. The summed E-state index contributed by atoms with van der Waals surface area (Å²) in [6.07, 6.45) is 5.05. The molecule has 0 amide bonds. The number of allylic oxidation sites excluding steroid dienone is 1. The number of benzene rings is 1. The highest BCUT2D eigenvalue weighted by Gasteiger charge is 1.86. The fourth-order valence-electron chi connectivity index (χ4n) is 0.828. The first-order chi connectivity index (χ1) is 5.33. The molecule has 0 bridgehead atoms. The zero-order valence-electron chi connectivity index (χ0n) is 6.55. The van der Waals surface area contributed by atoms with Gasteiger partial charge in [0.2, 0.25) is 0 Å². The Bertz CT molecular complexity index is 234. The van der Waals surface area contributed by atoms with Crippen molar-refractivity contribution < 1.29 is 4.39 Å². The van der Waals surface area contributed by atoms with Crippen LogP contribution in [0.1, 0.15) is 18.9 Å². The van der Waals surface area contributed by atoms with Crippen LogP contribution >= 0.6 is 0 Å². The molecule has 0 nitrogen and oxygen atoms in total. The van der Waals surface area contributed by atoms with Gasteiger partial charge in [0.15, 0.2) is 0 Å². The van der Waals surface area contributed by atoms with Crippen LogP contribution in [-0.2, 0) is 0 Å². The van der Waals surface area contributed by atoms with E-state index in [-0.39, 0.29) is 5.82 Å². The summed E-state index contributed by atoms with van der Waals surface area (Å²) in [6.45, 7) is 2.07. The van der Waals surface area contributed by atoms with Gasteiger partial charge in [-0.3, -0.25) is 0 Å². The van der Waals surface area contributed by atoms with Crippen molar-refractivity contribution in [2.75, 3.05) is 0 Å². The Hall–Kier alpha value is -1.11. The largest absolute Gasteiger partial charge is 0.207 e. The smallest absolute Gasteiger partial charge is 0.123 e. The second kappa shape index (κ2) is 3.91. The maximum atomic E-state index is 12.4. The molecule has 0 aromatic heterocycles. The molecule has 0 unspecified atom stereocenters. The van der Waals surface area contributed by atoms with E-state index < -0.39 is 0 Å². The van der Waals surface area contributed by atoms with Gasteiger partial charge in [0.25, 0.3) is 0 Å². The minimum absolute atomic E-state index is 0.182. The summed E-state index contributed by atoms with van der Waals surface area (Å²) >= 11 is 0. The fraction of sp³-hybridized carbons (Fsp3) is 0.200. The van der Waals surface area contributed by atoms with Gasteiger partial charge in [-0.2, -0.15) is 0 Å². The van der Waals surface area contributed by atoms with Crippen LogP contribution in [0.25, 0.3) is 6.08 Å².